The fraction of sp³-hybridized carbons (Fsp3) is 0.333. The van der Waals surface area contributed by atoms with Crippen LogP contribution in [0.15, 0.2) is 48.5 Å². The minimum Gasteiger partial charge on any atom is -0.399 e. The number of hydrogen-bond donors (Lipinski definition) is 0. The van der Waals surface area contributed by atoms with E-state index in [1.165, 1.54) is 6.07 Å². The Morgan fingerprint density at radius 3 is 1.91 bits per heavy atom. The van der Waals surface area contributed by atoms with Gasteiger partial charge in [-0.1, -0.05) is 42.5 Å². The SMILES string of the molecule is CC1(C)OB(c2ccc(-c3ccccc3F)cc2)OC1(C)C. The molecule has 1 fully saturated rings. The van der Waals surface area contributed by atoms with Crippen molar-refractivity contribution in [3.05, 3.63) is 54.3 Å². The van der Waals surface area contributed by atoms with Gasteiger partial charge in [-0.25, -0.2) is 4.39 Å². The third-order valence-corrected chi connectivity index (χ3v) is 4.62. The van der Waals surface area contributed by atoms with Crippen molar-refractivity contribution < 1.29 is 13.7 Å². The molecule has 0 aliphatic carbocycles. The van der Waals surface area contributed by atoms with Gasteiger partial charge < -0.3 is 9.31 Å². The van der Waals surface area contributed by atoms with E-state index in [9.17, 15) is 4.39 Å². The fourth-order valence-corrected chi connectivity index (χ4v) is 2.49. The van der Waals surface area contributed by atoms with Crippen LogP contribution in [0.2, 0.25) is 0 Å². The summed E-state index contributed by atoms with van der Waals surface area (Å²) in [5, 5.41) is 0. The highest BCUT2D eigenvalue weighted by atomic mass is 19.1. The number of benzene rings is 2. The van der Waals surface area contributed by atoms with Crippen LogP contribution in [-0.2, 0) is 9.31 Å². The lowest BCUT2D eigenvalue weighted by Gasteiger charge is -2.32. The molecule has 0 atom stereocenters. The van der Waals surface area contributed by atoms with Crippen molar-refractivity contribution in [2.24, 2.45) is 0 Å². The van der Waals surface area contributed by atoms with E-state index in [0.29, 0.717) is 5.56 Å². The van der Waals surface area contributed by atoms with Crippen LogP contribution in [0.3, 0.4) is 0 Å². The Labute approximate surface area is 131 Å². The first-order valence-electron chi connectivity index (χ1n) is 7.51. The molecule has 114 valence electrons. The quantitative estimate of drug-likeness (QED) is 0.785. The van der Waals surface area contributed by atoms with Gasteiger partial charge in [0.2, 0.25) is 0 Å². The lowest BCUT2D eigenvalue weighted by Crippen LogP contribution is -2.41. The summed E-state index contributed by atoms with van der Waals surface area (Å²) in [5.74, 6) is -0.217. The zero-order valence-corrected chi connectivity index (χ0v) is 13.4. The monoisotopic (exact) mass is 298 g/mol. The summed E-state index contributed by atoms with van der Waals surface area (Å²) in [6.07, 6.45) is 0. The molecule has 1 aliphatic rings. The molecule has 3 rings (SSSR count). The van der Waals surface area contributed by atoms with Crippen LogP contribution in [-0.4, -0.2) is 18.3 Å². The van der Waals surface area contributed by atoms with Gasteiger partial charge in [0.15, 0.2) is 0 Å². The molecule has 0 saturated carbocycles. The maximum atomic E-state index is 13.8. The van der Waals surface area contributed by atoms with Crippen LogP contribution in [0.4, 0.5) is 4.39 Å². The summed E-state index contributed by atoms with van der Waals surface area (Å²) in [6.45, 7) is 8.11. The Morgan fingerprint density at radius 1 is 0.818 bits per heavy atom. The molecule has 0 amide bonds. The Balaban J connectivity index is 1.86. The molecule has 2 nitrogen and oxygen atoms in total. The second-order valence-corrected chi connectivity index (χ2v) is 6.69. The molecular formula is C18H20BFO2. The first-order chi connectivity index (χ1) is 10.3. The van der Waals surface area contributed by atoms with Crippen molar-refractivity contribution in [1.29, 1.82) is 0 Å². The molecule has 0 N–H and O–H groups in total. The molecule has 0 bridgehead atoms. The van der Waals surface area contributed by atoms with Crippen molar-refractivity contribution in [2.45, 2.75) is 38.9 Å². The van der Waals surface area contributed by atoms with Crippen LogP contribution < -0.4 is 5.46 Å². The first-order valence-corrected chi connectivity index (χ1v) is 7.51. The summed E-state index contributed by atoms with van der Waals surface area (Å²) >= 11 is 0. The van der Waals surface area contributed by atoms with E-state index >= 15 is 0 Å². The van der Waals surface area contributed by atoms with Gasteiger partial charge in [-0.15, -0.1) is 0 Å². The van der Waals surface area contributed by atoms with E-state index in [-0.39, 0.29) is 24.1 Å². The Kier molecular flexibility index (Phi) is 3.62. The summed E-state index contributed by atoms with van der Waals surface area (Å²) < 4.78 is 25.9. The van der Waals surface area contributed by atoms with Crippen molar-refractivity contribution in [1.82, 2.24) is 0 Å². The van der Waals surface area contributed by atoms with Crippen LogP contribution in [0.5, 0.6) is 0 Å². The zero-order valence-electron chi connectivity index (χ0n) is 13.4. The van der Waals surface area contributed by atoms with Gasteiger partial charge in [0.05, 0.1) is 11.2 Å². The predicted molar refractivity (Wildman–Crippen MR) is 87.6 cm³/mol. The summed E-state index contributed by atoms with van der Waals surface area (Å²) in [5.41, 5.74) is 1.67. The van der Waals surface area contributed by atoms with Gasteiger partial charge in [-0.05, 0) is 44.8 Å². The lowest BCUT2D eigenvalue weighted by atomic mass is 9.78. The van der Waals surface area contributed by atoms with Crippen molar-refractivity contribution in [3.8, 4) is 11.1 Å². The minimum atomic E-state index is -0.389. The smallest absolute Gasteiger partial charge is 0.399 e. The average molecular weight is 298 g/mol. The van der Waals surface area contributed by atoms with Crippen LogP contribution in [0.1, 0.15) is 27.7 Å². The lowest BCUT2D eigenvalue weighted by molar-refractivity contribution is 0.00578. The third-order valence-electron chi connectivity index (χ3n) is 4.62. The molecule has 0 radical (unpaired) electrons. The summed E-state index contributed by atoms with van der Waals surface area (Å²) in [7, 11) is -0.389. The highest BCUT2D eigenvalue weighted by Gasteiger charge is 2.51. The molecule has 2 aromatic rings. The second kappa shape index (κ2) is 5.22. The average Bonchev–Trinajstić information content (AvgIpc) is 2.68. The first kappa shape index (κ1) is 15.3. The maximum absolute atomic E-state index is 13.8. The number of rotatable bonds is 2. The second-order valence-electron chi connectivity index (χ2n) is 6.69. The molecular weight excluding hydrogens is 278 g/mol. The summed E-state index contributed by atoms with van der Waals surface area (Å²) in [6, 6.07) is 14.4. The van der Waals surface area contributed by atoms with Crippen molar-refractivity contribution in [3.63, 3.8) is 0 Å². The highest BCUT2D eigenvalue weighted by molar-refractivity contribution is 6.62. The Hall–Kier alpha value is -1.65. The third kappa shape index (κ3) is 2.57. The van der Waals surface area contributed by atoms with E-state index in [1.54, 1.807) is 12.1 Å². The van der Waals surface area contributed by atoms with Crippen LogP contribution in [0, 0.1) is 5.82 Å². The van der Waals surface area contributed by atoms with E-state index in [0.717, 1.165) is 11.0 Å². The van der Waals surface area contributed by atoms with E-state index in [1.807, 2.05) is 58.0 Å². The molecule has 0 unspecified atom stereocenters. The van der Waals surface area contributed by atoms with Gasteiger partial charge in [0.1, 0.15) is 5.82 Å². The Bertz CT molecular complexity index is 664. The standard InChI is InChI=1S/C18H20BFO2/c1-17(2)18(3,4)22-19(21-17)14-11-9-13(10-12-14)15-7-5-6-8-16(15)20/h5-12H,1-4H3. The fourth-order valence-electron chi connectivity index (χ4n) is 2.49. The molecule has 2 aromatic carbocycles. The van der Waals surface area contributed by atoms with Gasteiger partial charge >= 0.3 is 7.12 Å². The van der Waals surface area contributed by atoms with Gasteiger partial charge in [-0.2, -0.15) is 0 Å². The van der Waals surface area contributed by atoms with E-state index < -0.39 is 0 Å². The number of hydrogen-bond acceptors (Lipinski definition) is 2. The summed E-state index contributed by atoms with van der Waals surface area (Å²) in [4.78, 5) is 0. The van der Waals surface area contributed by atoms with Gasteiger partial charge in [-0.3, -0.25) is 0 Å². The van der Waals surface area contributed by atoms with Crippen molar-refractivity contribution in [2.75, 3.05) is 0 Å². The van der Waals surface area contributed by atoms with Gasteiger partial charge in [0, 0.05) is 5.56 Å². The van der Waals surface area contributed by atoms with E-state index in [2.05, 4.69) is 0 Å². The largest absolute Gasteiger partial charge is 0.494 e. The van der Waals surface area contributed by atoms with Crippen LogP contribution in [0.25, 0.3) is 11.1 Å². The molecule has 0 spiro atoms. The zero-order chi connectivity index (χ0) is 16.0. The molecule has 22 heavy (non-hydrogen) atoms. The highest BCUT2D eigenvalue weighted by Crippen LogP contribution is 2.36. The molecule has 1 aliphatic heterocycles. The molecule has 1 heterocycles. The van der Waals surface area contributed by atoms with E-state index in [4.69, 9.17) is 9.31 Å². The maximum Gasteiger partial charge on any atom is 0.494 e. The van der Waals surface area contributed by atoms with Crippen LogP contribution >= 0.6 is 0 Å². The molecule has 1 saturated heterocycles. The number of halogens is 1. The van der Waals surface area contributed by atoms with Crippen molar-refractivity contribution >= 4 is 12.6 Å². The molecule has 0 aromatic heterocycles. The van der Waals surface area contributed by atoms with Gasteiger partial charge in [0.25, 0.3) is 0 Å². The Morgan fingerprint density at radius 2 is 1.36 bits per heavy atom. The predicted octanol–water partition coefficient (Wildman–Crippen LogP) is 3.79. The topological polar surface area (TPSA) is 18.5 Å². The normalized spacial score (nSPS) is 19.4. The molecule has 4 heteroatoms. The minimum absolute atomic E-state index is 0.217.